The van der Waals surface area contributed by atoms with Crippen LogP contribution < -0.4 is 5.32 Å². The minimum absolute atomic E-state index is 0.0369. The molecule has 7 heteroatoms. The van der Waals surface area contributed by atoms with Crippen molar-refractivity contribution in [2.45, 2.75) is 19.9 Å². The van der Waals surface area contributed by atoms with Gasteiger partial charge >= 0.3 is 0 Å². The highest BCUT2D eigenvalue weighted by atomic mass is 35.5. The third kappa shape index (κ3) is 2.89. The Bertz CT molecular complexity index is 905. The molecule has 0 bridgehead atoms. The molecule has 1 N–H and O–H groups in total. The van der Waals surface area contributed by atoms with Crippen LogP contribution in [0.2, 0.25) is 5.15 Å². The van der Waals surface area contributed by atoms with Gasteiger partial charge in [0.05, 0.1) is 23.0 Å². The predicted octanol–water partition coefficient (Wildman–Crippen LogP) is 5.19. The first-order valence-electron chi connectivity index (χ1n) is 7.23. The molecule has 2 heterocycles. The molecule has 0 saturated heterocycles. The van der Waals surface area contributed by atoms with Crippen molar-refractivity contribution in [3.05, 3.63) is 53.2 Å². The zero-order chi connectivity index (χ0) is 17.4. The molecular formula is C17H13ClF3N3. The van der Waals surface area contributed by atoms with E-state index >= 15 is 0 Å². The summed E-state index contributed by atoms with van der Waals surface area (Å²) < 4.78 is 41.8. The van der Waals surface area contributed by atoms with Crippen molar-refractivity contribution in [2.75, 3.05) is 5.32 Å². The fourth-order valence-corrected chi connectivity index (χ4v) is 2.81. The normalized spacial score (nSPS) is 11.3. The van der Waals surface area contributed by atoms with Crippen molar-refractivity contribution in [1.82, 2.24) is 9.97 Å². The quantitative estimate of drug-likeness (QED) is 0.660. The SMILES string of the molecule is CC(C)Nc1c(-c2c(F)cc(F)cc2F)c(Cl)nc2cnccc12. The van der Waals surface area contributed by atoms with Gasteiger partial charge in [-0.3, -0.25) is 4.98 Å². The lowest BCUT2D eigenvalue weighted by atomic mass is 10.0. The lowest BCUT2D eigenvalue weighted by molar-refractivity contribution is 0.548. The van der Waals surface area contributed by atoms with Gasteiger partial charge in [-0.2, -0.15) is 0 Å². The summed E-state index contributed by atoms with van der Waals surface area (Å²) in [5.74, 6) is -3.09. The first-order chi connectivity index (χ1) is 11.4. The van der Waals surface area contributed by atoms with Crippen molar-refractivity contribution < 1.29 is 13.2 Å². The lowest BCUT2D eigenvalue weighted by Crippen LogP contribution is -2.12. The molecule has 0 amide bonds. The van der Waals surface area contributed by atoms with Gasteiger partial charge in [-0.05, 0) is 19.9 Å². The summed E-state index contributed by atoms with van der Waals surface area (Å²) in [6, 6.07) is 2.87. The average Bonchev–Trinajstić information content (AvgIpc) is 2.48. The molecule has 0 aliphatic rings. The van der Waals surface area contributed by atoms with Crippen LogP contribution in [0.4, 0.5) is 18.9 Å². The standard InChI is InChI=1S/C17H13ClF3N3/c1-8(2)23-16-10-3-4-22-7-13(10)24-17(18)15(16)14-11(20)5-9(19)6-12(14)21/h3-8H,1-2H3,(H,23,24). The highest BCUT2D eigenvalue weighted by molar-refractivity contribution is 6.34. The fourth-order valence-electron chi connectivity index (χ4n) is 2.53. The number of fused-ring (bicyclic) bond motifs is 1. The minimum Gasteiger partial charge on any atom is -0.382 e. The number of pyridine rings is 2. The Labute approximate surface area is 141 Å². The molecular weight excluding hydrogens is 339 g/mol. The molecule has 1 aromatic carbocycles. The molecule has 0 fully saturated rings. The van der Waals surface area contributed by atoms with Crippen molar-refractivity contribution in [2.24, 2.45) is 0 Å². The molecule has 0 aliphatic heterocycles. The van der Waals surface area contributed by atoms with E-state index in [1.165, 1.54) is 6.20 Å². The van der Waals surface area contributed by atoms with Gasteiger partial charge in [0, 0.05) is 35.3 Å². The van der Waals surface area contributed by atoms with Crippen LogP contribution in [0.15, 0.2) is 30.6 Å². The van der Waals surface area contributed by atoms with E-state index < -0.39 is 23.0 Å². The van der Waals surface area contributed by atoms with Gasteiger partial charge < -0.3 is 5.32 Å². The molecule has 3 nitrogen and oxygen atoms in total. The van der Waals surface area contributed by atoms with Crippen LogP contribution in [-0.2, 0) is 0 Å². The fraction of sp³-hybridized carbons (Fsp3) is 0.176. The maximum atomic E-state index is 14.3. The van der Waals surface area contributed by atoms with Crippen LogP contribution >= 0.6 is 11.6 Å². The number of hydrogen-bond acceptors (Lipinski definition) is 3. The van der Waals surface area contributed by atoms with Crippen LogP contribution in [0, 0.1) is 17.5 Å². The van der Waals surface area contributed by atoms with Crippen molar-refractivity contribution in [1.29, 1.82) is 0 Å². The van der Waals surface area contributed by atoms with Crippen LogP contribution in [0.1, 0.15) is 13.8 Å². The summed E-state index contributed by atoms with van der Waals surface area (Å²) in [5, 5.41) is 3.66. The first-order valence-corrected chi connectivity index (χ1v) is 7.61. The first kappa shape index (κ1) is 16.5. The number of rotatable bonds is 3. The van der Waals surface area contributed by atoms with Gasteiger partial charge in [-0.25, -0.2) is 18.2 Å². The van der Waals surface area contributed by atoms with Gasteiger partial charge in [0.1, 0.15) is 22.6 Å². The van der Waals surface area contributed by atoms with Gasteiger partial charge in [-0.15, -0.1) is 0 Å². The van der Waals surface area contributed by atoms with Crippen LogP contribution in [-0.4, -0.2) is 16.0 Å². The second-order valence-corrected chi connectivity index (χ2v) is 5.95. The van der Waals surface area contributed by atoms with Crippen LogP contribution in [0.3, 0.4) is 0 Å². The smallest absolute Gasteiger partial charge is 0.139 e. The zero-order valence-corrected chi connectivity index (χ0v) is 13.6. The molecule has 0 aliphatic carbocycles. The minimum atomic E-state index is -1.04. The van der Waals surface area contributed by atoms with E-state index in [0.717, 1.165) is 0 Å². The Hall–Kier alpha value is -2.34. The summed E-state index contributed by atoms with van der Waals surface area (Å²) in [7, 11) is 0. The molecule has 0 spiro atoms. The summed E-state index contributed by atoms with van der Waals surface area (Å²) in [4.78, 5) is 8.14. The highest BCUT2D eigenvalue weighted by Crippen LogP contribution is 2.41. The highest BCUT2D eigenvalue weighted by Gasteiger charge is 2.23. The summed E-state index contributed by atoms with van der Waals surface area (Å²) in [5.41, 5.74) is 0.541. The maximum Gasteiger partial charge on any atom is 0.139 e. The molecule has 0 saturated carbocycles. The summed E-state index contributed by atoms with van der Waals surface area (Å²) in [6.45, 7) is 3.75. The Balaban J connectivity index is 2.41. The lowest BCUT2D eigenvalue weighted by Gasteiger charge is -2.19. The summed E-state index contributed by atoms with van der Waals surface area (Å²) >= 11 is 6.20. The number of hydrogen-bond donors (Lipinski definition) is 1. The third-order valence-corrected chi connectivity index (χ3v) is 3.71. The van der Waals surface area contributed by atoms with E-state index in [1.54, 1.807) is 12.3 Å². The van der Waals surface area contributed by atoms with Crippen LogP contribution in [0.25, 0.3) is 22.0 Å². The molecule has 3 aromatic rings. The Kier molecular flexibility index (Phi) is 4.32. The Morgan fingerprint density at radius 3 is 2.38 bits per heavy atom. The molecule has 0 atom stereocenters. The second kappa shape index (κ2) is 6.28. The topological polar surface area (TPSA) is 37.8 Å². The molecule has 0 unspecified atom stereocenters. The third-order valence-electron chi connectivity index (χ3n) is 3.43. The van der Waals surface area contributed by atoms with E-state index in [9.17, 15) is 13.2 Å². The van der Waals surface area contributed by atoms with Gasteiger partial charge in [0.25, 0.3) is 0 Å². The number of anilines is 1. The van der Waals surface area contributed by atoms with E-state index in [1.807, 2.05) is 13.8 Å². The van der Waals surface area contributed by atoms with Crippen molar-refractivity contribution in [3.63, 3.8) is 0 Å². The van der Waals surface area contributed by atoms with Crippen molar-refractivity contribution in [3.8, 4) is 11.1 Å². The van der Waals surface area contributed by atoms with E-state index in [4.69, 9.17) is 11.6 Å². The zero-order valence-electron chi connectivity index (χ0n) is 12.9. The van der Waals surface area contributed by atoms with Crippen molar-refractivity contribution >= 4 is 28.2 Å². The van der Waals surface area contributed by atoms with E-state index in [0.29, 0.717) is 28.7 Å². The van der Waals surface area contributed by atoms with E-state index in [-0.39, 0.29) is 16.8 Å². The predicted molar refractivity (Wildman–Crippen MR) is 88.6 cm³/mol. The molecule has 2 aromatic heterocycles. The molecule has 3 rings (SSSR count). The molecule has 0 radical (unpaired) electrons. The van der Waals surface area contributed by atoms with Gasteiger partial charge in [-0.1, -0.05) is 11.6 Å². The number of aromatic nitrogens is 2. The monoisotopic (exact) mass is 351 g/mol. The van der Waals surface area contributed by atoms with Gasteiger partial charge in [0.2, 0.25) is 0 Å². The number of halogens is 4. The number of benzene rings is 1. The molecule has 124 valence electrons. The van der Waals surface area contributed by atoms with Gasteiger partial charge in [0.15, 0.2) is 0 Å². The number of nitrogens with zero attached hydrogens (tertiary/aromatic N) is 2. The Morgan fingerprint density at radius 2 is 1.75 bits per heavy atom. The second-order valence-electron chi connectivity index (χ2n) is 5.59. The maximum absolute atomic E-state index is 14.3. The Morgan fingerprint density at radius 1 is 1.08 bits per heavy atom. The van der Waals surface area contributed by atoms with E-state index in [2.05, 4.69) is 15.3 Å². The largest absolute Gasteiger partial charge is 0.382 e. The number of nitrogens with one attached hydrogen (secondary N) is 1. The average molecular weight is 352 g/mol. The summed E-state index contributed by atoms with van der Waals surface area (Å²) in [6.07, 6.45) is 3.05. The molecule has 24 heavy (non-hydrogen) atoms. The van der Waals surface area contributed by atoms with Crippen LogP contribution in [0.5, 0.6) is 0 Å².